The number of nitrogens with zero attached hydrogens (tertiary/aromatic N) is 3. The number of benzene rings is 2. The van der Waals surface area contributed by atoms with Gasteiger partial charge in [0.2, 0.25) is 17.8 Å². The van der Waals surface area contributed by atoms with Crippen molar-refractivity contribution >= 4 is 40.1 Å². The first-order chi connectivity index (χ1) is 14.8. The van der Waals surface area contributed by atoms with Gasteiger partial charge in [0.05, 0.1) is 28.2 Å². The van der Waals surface area contributed by atoms with Crippen molar-refractivity contribution in [1.82, 2.24) is 19.7 Å². The van der Waals surface area contributed by atoms with Gasteiger partial charge in [0.15, 0.2) is 0 Å². The molecule has 2 aromatic heterocycles. The summed E-state index contributed by atoms with van der Waals surface area (Å²) in [6.07, 6.45) is -0.0849. The smallest absolute Gasteiger partial charge is 0.278 e. The average Bonchev–Trinajstić information content (AvgIpc) is 3.37. The number of anilines is 1. The van der Waals surface area contributed by atoms with Crippen molar-refractivity contribution in [1.29, 1.82) is 0 Å². The van der Waals surface area contributed by atoms with Crippen molar-refractivity contribution in [2.75, 3.05) is 4.90 Å². The van der Waals surface area contributed by atoms with Gasteiger partial charge >= 0.3 is 0 Å². The normalized spacial score (nSPS) is 16.6. The van der Waals surface area contributed by atoms with Gasteiger partial charge in [0.1, 0.15) is 0 Å². The molecular weight excluding hydrogens is 418 g/mol. The van der Waals surface area contributed by atoms with Crippen LogP contribution in [0.25, 0.3) is 17.0 Å². The number of para-hydroxylation sites is 2. The highest BCUT2D eigenvalue weighted by Gasteiger charge is 2.43. The number of imide groups is 1. The zero-order valence-electron chi connectivity index (χ0n) is 16.8. The fourth-order valence-electron chi connectivity index (χ4n) is 4.01. The predicted octanol–water partition coefficient (Wildman–Crippen LogP) is 3.36. The number of aromatic amines is 2. The molecule has 1 unspecified atom stereocenters. The molecule has 156 valence electrons. The molecule has 0 bridgehead atoms. The molecule has 5 rings (SSSR count). The van der Waals surface area contributed by atoms with E-state index in [1.165, 1.54) is 4.68 Å². The molecule has 0 spiro atoms. The molecule has 0 aliphatic carbocycles. The molecule has 1 saturated heterocycles. The summed E-state index contributed by atoms with van der Waals surface area (Å²) < 4.78 is 1.27. The highest BCUT2D eigenvalue weighted by atomic mass is 35.5. The standard InChI is InChI=1S/C22H18ClN5O3/c1-11-7-8-13(9-15(11)23)27-18(29)10-14(20(27)30)19-12(2)26-28(21(19)31)22-24-16-5-3-4-6-17(16)25-22/h3-9,14,26H,10H2,1-2H3,(H,24,25). The van der Waals surface area contributed by atoms with Crippen LogP contribution in [0.4, 0.5) is 5.69 Å². The summed E-state index contributed by atoms with van der Waals surface area (Å²) in [5.41, 5.74) is 3.11. The van der Waals surface area contributed by atoms with Crippen molar-refractivity contribution in [3.63, 3.8) is 0 Å². The number of imidazole rings is 1. The number of nitrogens with one attached hydrogen (secondary N) is 2. The lowest BCUT2D eigenvalue weighted by Gasteiger charge is -2.15. The summed E-state index contributed by atoms with van der Waals surface area (Å²) in [4.78, 5) is 47.7. The third kappa shape index (κ3) is 2.98. The lowest BCUT2D eigenvalue weighted by Crippen LogP contribution is -2.31. The molecule has 1 atom stereocenters. The largest absolute Gasteiger partial charge is 0.322 e. The second-order valence-electron chi connectivity index (χ2n) is 7.63. The van der Waals surface area contributed by atoms with E-state index in [4.69, 9.17) is 11.6 Å². The highest BCUT2D eigenvalue weighted by molar-refractivity contribution is 6.32. The van der Waals surface area contributed by atoms with Gasteiger partial charge in [-0.25, -0.2) is 9.88 Å². The number of fused-ring (bicyclic) bond motifs is 1. The minimum absolute atomic E-state index is 0.0849. The van der Waals surface area contributed by atoms with E-state index in [1.54, 1.807) is 25.1 Å². The minimum atomic E-state index is -0.873. The van der Waals surface area contributed by atoms with Crippen LogP contribution in [0.15, 0.2) is 47.3 Å². The van der Waals surface area contributed by atoms with Crippen molar-refractivity contribution in [3.8, 4) is 5.95 Å². The molecule has 9 heteroatoms. The molecule has 31 heavy (non-hydrogen) atoms. The average molecular weight is 436 g/mol. The van der Waals surface area contributed by atoms with Crippen molar-refractivity contribution in [2.45, 2.75) is 26.2 Å². The first-order valence-corrected chi connectivity index (χ1v) is 10.1. The number of hydrogen-bond acceptors (Lipinski definition) is 4. The predicted molar refractivity (Wildman–Crippen MR) is 117 cm³/mol. The minimum Gasteiger partial charge on any atom is -0.322 e. The Balaban J connectivity index is 1.55. The summed E-state index contributed by atoms with van der Waals surface area (Å²) in [7, 11) is 0. The number of amides is 2. The summed E-state index contributed by atoms with van der Waals surface area (Å²) in [6, 6.07) is 12.4. The van der Waals surface area contributed by atoms with Gasteiger partial charge in [-0.3, -0.25) is 19.5 Å². The second-order valence-corrected chi connectivity index (χ2v) is 8.03. The number of aromatic nitrogens is 4. The van der Waals surface area contributed by atoms with Crippen LogP contribution in [0.2, 0.25) is 5.02 Å². The SMILES string of the molecule is Cc1ccc(N2C(=O)CC(c3c(C)[nH]n(-c4nc5ccccc5[nH]4)c3=O)C2=O)cc1Cl. The van der Waals surface area contributed by atoms with Gasteiger partial charge in [-0.2, -0.15) is 4.68 Å². The maximum atomic E-state index is 13.2. The van der Waals surface area contributed by atoms with Gasteiger partial charge in [-0.05, 0) is 43.7 Å². The van der Waals surface area contributed by atoms with E-state index in [1.807, 2.05) is 31.2 Å². The Morgan fingerprint density at radius 1 is 1.10 bits per heavy atom. The maximum Gasteiger partial charge on any atom is 0.278 e. The lowest BCUT2D eigenvalue weighted by atomic mass is 9.98. The monoisotopic (exact) mass is 435 g/mol. The van der Waals surface area contributed by atoms with Crippen LogP contribution in [0, 0.1) is 13.8 Å². The zero-order chi connectivity index (χ0) is 21.9. The number of H-pyrrole nitrogens is 2. The Morgan fingerprint density at radius 3 is 2.61 bits per heavy atom. The molecule has 1 fully saturated rings. The summed E-state index contributed by atoms with van der Waals surface area (Å²) in [5.74, 6) is -1.37. The Kier molecular flexibility index (Phi) is 4.33. The second kappa shape index (κ2) is 6.95. The highest BCUT2D eigenvalue weighted by Crippen LogP contribution is 2.34. The summed E-state index contributed by atoms with van der Waals surface area (Å²) >= 11 is 6.18. The van der Waals surface area contributed by atoms with E-state index in [-0.39, 0.29) is 17.9 Å². The topological polar surface area (TPSA) is 104 Å². The Morgan fingerprint density at radius 2 is 1.87 bits per heavy atom. The maximum absolute atomic E-state index is 13.2. The van der Waals surface area contributed by atoms with Crippen LogP contribution in [-0.4, -0.2) is 31.6 Å². The molecule has 0 radical (unpaired) electrons. The van der Waals surface area contributed by atoms with Crippen LogP contribution in [0.5, 0.6) is 0 Å². The van der Waals surface area contributed by atoms with E-state index < -0.39 is 17.4 Å². The third-order valence-electron chi connectivity index (χ3n) is 5.61. The van der Waals surface area contributed by atoms with E-state index in [0.29, 0.717) is 27.9 Å². The number of halogens is 1. The number of hydrogen-bond donors (Lipinski definition) is 2. The Labute approximate surface area is 181 Å². The summed E-state index contributed by atoms with van der Waals surface area (Å²) in [5, 5.41) is 3.45. The molecule has 8 nitrogen and oxygen atoms in total. The van der Waals surface area contributed by atoms with Gasteiger partial charge in [-0.15, -0.1) is 0 Å². The fraction of sp³-hybridized carbons (Fsp3) is 0.182. The van der Waals surface area contributed by atoms with Crippen molar-refractivity contribution < 1.29 is 9.59 Å². The lowest BCUT2D eigenvalue weighted by molar-refractivity contribution is -0.121. The quantitative estimate of drug-likeness (QED) is 0.481. The van der Waals surface area contributed by atoms with E-state index in [9.17, 15) is 14.4 Å². The summed E-state index contributed by atoms with van der Waals surface area (Å²) in [6.45, 7) is 3.55. The van der Waals surface area contributed by atoms with Crippen LogP contribution in [-0.2, 0) is 9.59 Å². The molecule has 2 N–H and O–H groups in total. The van der Waals surface area contributed by atoms with Gasteiger partial charge in [0.25, 0.3) is 5.56 Å². The van der Waals surface area contributed by atoms with Crippen LogP contribution in [0.1, 0.15) is 29.2 Å². The van der Waals surface area contributed by atoms with Crippen molar-refractivity contribution in [2.24, 2.45) is 0 Å². The van der Waals surface area contributed by atoms with Crippen LogP contribution < -0.4 is 10.5 Å². The van der Waals surface area contributed by atoms with Crippen LogP contribution >= 0.6 is 11.6 Å². The molecule has 1 aliphatic heterocycles. The van der Waals surface area contributed by atoms with Gasteiger partial charge in [-0.1, -0.05) is 29.8 Å². The Hall–Kier alpha value is -3.65. The zero-order valence-corrected chi connectivity index (χ0v) is 17.5. The first-order valence-electron chi connectivity index (χ1n) is 9.74. The van der Waals surface area contributed by atoms with E-state index in [2.05, 4.69) is 15.1 Å². The van der Waals surface area contributed by atoms with Gasteiger partial charge in [0, 0.05) is 17.1 Å². The fourth-order valence-corrected chi connectivity index (χ4v) is 4.19. The number of carbonyl (C=O) groups excluding carboxylic acids is 2. The molecule has 0 saturated carbocycles. The third-order valence-corrected chi connectivity index (χ3v) is 6.02. The van der Waals surface area contributed by atoms with Crippen LogP contribution in [0.3, 0.4) is 0 Å². The van der Waals surface area contributed by atoms with Crippen molar-refractivity contribution in [3.05, 3.63) is 74.7 Å². The van der Waals surface area contributed by atoms with Gasteiger partial charge < -0.3 is 4.98 Å². The molecule has 2 amide bonds. The molecule has 2 aromatic carbocycles. The Bertz CT molecular complexity index is 1400. The molecule has 4 aromatic rings. The first kappa shape index (κ1) is 19.3. The number of aryl methyl sites for hydroxylation is 2. The molecular formula is C22H18ClN5O3. The molecule has 1 aliphatic rings. The number of carbonyl (C=O) groups is 2. The van der Waals surface area contributed by atoms with E-state index in [0.717, 1.165) is 16.0 Å². The molecule has 3 heterocycles. The number of rotatable bonds is 3. The van der Waals surface area contributed by atoms with E-state index >= 15 is 0 Å².